The molecule has 0 radical (unpaired) electrons. The Morgan fingerprint density at radius 3 is 3.05 bits per heavy atom. The van der Waals surface area contributed by atoms with Crippen molar-refractivity contribution in [2.75, 3.05) is 6.54 Å². The first-order chi connectivity index (χ1) is 9.63. The normalized spacial score (nSPS) is 14.2. The lowest BCUT2D eigenvalue weighted by molar-refractivity contribution is -0.131. The molecule has 0 spiro atoms. The maximum absolute atomic E-state index is 12.4. The van der Waals surface area contributed by atoms with Crippen molar-refractivity contribution in [3.05, 3.63) is 53.1 Å². The average molecular weight is 269 g/mol. The van der Waals surface area contributed by atoms with Crippen LogP contribution in [0.3, 0.4) is 0 Å². The lowest BCUT2D eigenvalue weighted by Crippen LogP contribution is -2.37. The summed E-state index contributed by atoms with van der Waals surface area (Å²) >= 11 is 0. The number of aryl methyl sites for hydroxylation is 2. The SMILES string of the molecule is Cc1cccc(CC(=O)N2CCc3ncn(C)c3C2)c1. The lowest BCUT2D eigenvalue weighted by Gasteiger charge is -2.27. The number of rotatable bonds is 2. The van der Waals surface area contributed by atoms with E-state index in [1.807, 2.05) is 35.0 Å². The van der Waals surface area contributed by atoms with Crippen LogP contribution in [0.2, 0.25) is 0 Å². The molecule has 0 fully saturated rings. The van der Waals surface area contributed by atoms with Crippen LogP contribution in [0.4, 0.5) is 0 Å². The second kappa shape index (κ2) is 5.12. The van der Waals surface area contributed by atoms with Gasteiger partial charge in [0.2, 0.25) is 5.91 Å². The number of aromatic nitrogens is 2. The zero-order chi connectivity index (χ0) is 14.1. The molecule has 0 bridgehead atoms. The largest absolute Gasteiger partial charge is 0.336 e. The van der Waals surface area contributed by atoms with Crippen molar-refractivity contribution in [3.8, 4) is 0 Å². The van der Waals surface area contributed by atoms with Gasteiger partial charge in [-0.1, -0.05) is 29.8 Å². The van der Waals surface area contributed by atoms with Gasteiger partial charge in [0, 0.05) is 20.0 Å². The third-order valence-electron chi connectivity index (χ3n) is 3.90. The Labute approximate surface area is 119 Å². The molecule has 1 aromatic carbocycles. The quantitative estimate of drug-likeness (QED) is 0.834. The van der Waals surface area contributed by atoms with E-state index >= 15 is 0 Å². The minimum atomic E-state index is 0.197. The molecule has 4 nitrogen and oxygen atoms in total. The van der Waals surface area contributed by atoms with E-state index in [0.29, 0.717) is 13.0 Å². The molecule has 1 amide bonds. The summed E-state index contributed by atoms with van der Waals surface area (Å²) in [6.45, 7) is 3.50. The lowest BCUT2D eigenvalue weighted by atomic mass is 10.1. The van der Waals surface area contributed by atoms with Crippen LogP contribution in [0.15, 0.2) is 30.6 Å². The number of carbonyl (C=O) groups excluding carboxylic acids is 1. The van der Waals surface area contributed by atoms with Gasteiger partial charge in [-0.2, -0.15) is 0 Å². The Morgan fingerprint density at radius 1 is 1.40 bits per heavy atom. The second-order valence-corrected chi connectivity index (χ2v) is 5.48. The van der Waals surface area contributed by atoms with Crippen molar-refractivity contribution in [1.82, 2.24) is 14.5 Å². The van der Waals surface area contributed by atoms with Crippen molar-refractivity contribution >= 4 is 5.91 Å². The predicted octanol–water partition coefficient (Wildman–Crippen LogP) is 1.86. The topological polar surface area (TPSA) is 38.1 Å². The van der Waals surface area contributed by atoms with E-state index in [9.17, 15) is 4.79 Å². The number of hydrogen-bond acceptors (Lipinski definition) is 2. The molecular weight excluding hydrogens is 250 g/mol. The molecule has 0 N–H and O–H groups in total. The minimum Gasteiger partial charge on any atom is -0.336 e. The predicted molar refractivity (Wildman–Crippen MR) is 77.2 cm³/mol. The van der Waals surface area contributed by atoms with Crippen molar-refractivity contribution in [2.45, 2.75) is 26.3 Å². The van der Waals surface area contributed by atoms with Gasteiger partial charge in [0.25, 0.3) is 0 Å². The smallest absolute Gasteiger partial charge is 0.227 e. The van der Waals surface area contributed by atoms with E-state index in [2.05, 4.69) is 24.0 Å². The first-order valence-corrected chi connectivity index (χ1v) is 6.96. The van der Waals surface area contributed by atoms with Gasteiger partial charge in [-0.25, -0.2) is 4.98 Å². The van der Waals surface area contributed by atoms with Gasteiger partial charge in [0.1, 0.15) is 0 Å². The zero-order valence-electron chi connectivity index (χ0n) is 12.0. The van der Waals surface area contributed by atoms with Crippen molar-refractivity contribution in [3.63, 3.8) is 0 Å². The second-order valence-electron chi connectivity index (χ2n) is 5.48. The number of imidazole rings is 1. The number of benzene rings is 1. The van der Waals surface area contributed by atoms with Crippen LogP contribution in [0.5, 0.6) is 0 Å². The molecule has 104 valence electrons. The maximum Gasteiger partial charge on any atom is 0.227 e. The summed E-state index contributed by atoms with van der Waals surface area (Å²) in [6, 6.07) is 8.16. The Hall–Kier alpha value is -2.10. The molecule has 0 aliphatic carbocycles. The van der Waals surface area contributed by atoms with Crippen LogP contribution in [-0.4, -0.2) is 26.9 Å². The highest BCUT2D eigenvalue weighted by Crippen LogP contribution is 2.18. The van der Waals surface area contributed by atoms with E-state index in [1.54, 1.807) is 0 Å². The Kier molecular flexibility index (Phi) is 3.30. The first kappa shape index (κ1) is 12.9. The van der Waals surface area contributed by atoms with Crippen molar-refractivity contribution < 1.29 is 4.79 Å². The number of carbonyl (C=O) groups is 1. The van der Waals surface area contributed by atoms with Crippen molar-refractivity contribution in [1.29, 1.82) is 0 Å². The fourth-order valence-electron chi connectivity index (χ4n) is 2.74. The van der Waals surface area contributed by atoms with Crippen LogP contribution in [0.25, 0.3) is 0 Å². The van der Waals surface area contributed by atoms with E-state index in [1.165, 1.54) is 5.56 Å². The zero-order valence-corrected chi connectivity index (χ0v) is 12.0. The minimum absolute atomic E-state index is 0.197. The van der Waals surface area contributed by atoms with Gasteiger partial charge in [0.15, 0.2) is 0 Å². The van der Waals surface area contributed by atoms with Crippen LogP contribution >= 0.6 is 0 Å². The van der Waals surface area contributed by atoms with Gasteiger partial charge in [0.05, 0.1) is 30.7 Å². The van der Waals surface area contributed by atoms with E-state index in [-0.39, 0.29) is 5.91 Å². The monoisotopic (exact) mass is 269 g/mol. The fourth-order valence-corrected chi connectivity index (χ4v) is 2.74. The Balaban J connectivity index is 1.71. The summed E-state index contributed by atoms with van der Waals surface area (Å²) < 4.78 is 2.02. The molecule has 2 aromatic rings. The van der Waals surface area contributed by atoms with Gasteiger partial charge in [-0.05, 0) is 12.5 Å². The highest BCUT2D eigenvalue weighted by Gasteiger charge is 2.23. The summed E-state index contributed by atoms with van der Waals surface area (Å²) in [5.74, 6) is 0.197. The van der Waals surface area contributed by atoms with E-state index in [0.717, 1.165) is 29.9 Å². The van der Waals surface area contributed by atoms with Crippen LogP contribution in [-0.2, 0) is 31.2 Å². The van der Waals surface area contributed by atoms with Gasteiger partial charge < -0.3 is 9.47 Å². The number of nitrogens with zero attached hydrogens (tertiary/aromatic N) is 3. The third-order valence-corrected chi connectivity index (χ3v) is 3.90. The average Bonchev–Trinajstić information content (AvgIpc) is 2.80. The molecule has 0 saturated heterocycles. The Morgan fingerprint density at radius 2 is 2.25 bits per heavy atom. The maximum atomic E-state index is 12.4. The molecular formula is C16H19N3O. The van der Waals surface area contributed by atoms with E-state index < -0.39 is 0 Å². The molecule has 0 saturated carbocycles. The summed E-state index contributed by atoms with van der Waals surface area (Å²) in [6.07, 6.45) is 3.17. The molecule has 1 aliphatic heterocycles. The Bertz CT molecular complexity index is 645. The standard InChI is InChI=1S/C16H19N3O/c1-12-4-3-5-13(8-12)9-16(20)19-7-6-14-15(10-19)18(2)11-17-14/h3-5,8,11H,6-7,9-10H2,1-2H3. The number of hydrogen-bond donors (Lipinski definition) is 0. The summed E-state index contributed by atoms with van der Waals surface area (Å²) in [7, 11) is 1.99. The third kappa shape index (κ3) is 2.46. The molecule has 1 aromatic heterocycles. The van der Waals surface area contributed by atoms with Gasteiger partial charge >= 0.3 is 0 Å². The molecule has 2 heterocycles. The number of amides is 1. The van der Waals surface area contributed by atoms with Crippen LogP contribution in [0, 0.1) is 6.92 Å². The van der Waals surface area contributed by atoms with Crippen LogP contribution < -0.4 is 0 Å². The summed E-state index contributed by atoms with van der Waals surface area (Å²) in [5.41, 5.74) is 4.58. The highest BCUT2D eigenvalue weighted by molar-refractivity contribution is 5.79. The van der Waals surface area contributed by atoms with Gasteiger partial charge in [-0.3, -0.25) is 4.79 Å². The molecule has 0 atom stereocenters. The first-order valence-electron chi connectivity index (χ1n) is 6.96. The molecule has 1 aliphatic rings. The highest BCUT2D eigenvalue weighted by atomic mass is 16.2. The van der Waals surface area contributed by atoms with Crippen LogP contribution in [0.1, 0.15) is 22.5 Å². The molecule has 4 heteroatoms. The van der Waals surface area contributed by atoms with Gasteiger partial charge in [-0.15, -0.1) is 0 Å². The summed E-state index contributed by atoms with van der Waals surface area (Å²) in [5, 5.41) is 0. The molecule has 0 unspecified atom stereocenters. The molecule has 3 rings (SSSR count). The molecule has 20 heavy (non-hydrogen) atoms. The van der Waals surface area contributed by atoms with E-state index in [4.69, 9.17) is 0 Å². The summed E-state index contributed by atoms with van der Waals surface area (Å²) in [4.78, 5) is 18.7. The fraction of sp³-hybridized carbons (Fsp3) is 0.375. The number of fused-ring (bicyclic) bond motifs is 1. The van der Waals surface area contributed by atoms with Crippen molar-refractivity contribution in [2.24, 2.45) is 7.05 Å².